The van der Waals surface area contributed by atoms with Crippen LogP contribution in [0.2, 0.25) is 0 Å². The molecule has 0 saturated heterocycles. The van der Waals surface area contributed by atoms with E-state index >= 15 is 0 Å². The van der Waals surface area contributed by atoms with E-state index in [9.17, 15) is 8.42 Å². The highest BCUT2D eigenvalue weighted by atomic mass is 79.9. The van der Waals surface area contributed by atoms with Crippen molar-refractivity contribution in [3.05, 3.63) is 28.2 Å². The standard InChI is InChI=1S/C13H17BrN2O2S/c1-13(2,3)6-7-19(17,18)16-12-5-4-11(14)8-10(12)9-15/h4-5,8,16H,6-7H2,1-3H3. The number of nitriles is 1. The molecule has 4 nitrogen and oxygen atoms in total. The molecule has 0 radical (unpaired) electrons. The average Bonchev–Trinajstić information content (AvgIpc) is 2.28. The van der Waals surface area contributed by atoms with Gasteiger partial charge in [-0.2, -0.15) is 5.26 Å². The molecule has 1 N–H and O–H groups in total. The summed E-state index contributed by atoms with van der Waals surface area (Å²) >= 11 is 3.25. The van der Waals surface area contributed by atoms with Crippen LogP contribution in [0.4, 0.5) is 5.69 Å². The Balaban J connectivity index is 2.88. The zero-order chi connectivity index (χ0) is 14.7. The molecule has 0 bridgehead atoms. The Morgan fingerprint density at radius 1 is 1.37 bits per heavy atom. The fourth-order valence-electron chi connectivity index (χ4n) is 1.36. The van der Waals surface area contributed by atoms with Gasteiger partial charge in [-0.05, 0) is 30.0 Å². The first-order valence-electron chi connectivity index (χ1n) is 5.83. The molecule has 19 heavy (non-hydrogen) atoms. The Bertz CT molecular complexity index is 598. The Morgan fingerprint density at radius 3 is 2.53 bits per heavy atom. The molecule has 6 heteroatoms. The molecule has 0 saturated carbocycles. The van der Waals surface area contributed by atoms with Crippen LogP contribution < -0.4 is 4.72 Å². The lowest BCUT2D eigenvalue weighted by molar-refractivity contribution is 0.397. The van der Waals surface area contributed by atoms with E-state index in [1.165, 1.54) is 0 Å². The van der Waals surface area contributed by atoms with Crippen LogP contribution in [0.15, 0.2) is 22.7 Å². The molecule has 0 unspecified atom stereocenters. The number of nitrogens with one attached hydrogen (secondary N) is 1. The Morgan fingerprint density at radius 2 is 2.00 bits per heavy atom. The van der Waals surface area contributed by atoms with Gasteiger partial charge in [-0.1, -0.05) is 36.7 Å². The van der Waals surface area contributed by atoms with E-state index < -0.39 is 10.0 Å². The van der Waals surface area contributed by atoms with E-state index in [4.69, 9.17) is 5.26 Å². The van der Waals surface area contributed by atoms with Gasteiger partial charge in [0.25, 0.3) is 0 Å². The van der Waals surface area contributed by atoms with E-state index in [2.05, 4.69) is 20.7 Å². The summed E-state index contributed by atoms with van der Waals surface area (Å²) in [5, 5.41) is 8.99. The van der Waals surface area contributed by atoms with Gasteiger partial charge in [0.2, 0.25) is 10.0 Å². The lowest BCUT2D eigenvalue weighted by Gasteiger charge is -2.18. The second-order valence-corrected chi connectivity index (χ2v) is 8.29. The van der Waals surface area contributed by atoms with Gasteiger partial charge in [-0.3, -0.25) is 4.72 Å². The summed E-state index contributed by atoms with van der Waals surface area (Å²) in [5.74, 6) is 0.0391. The summed E-state index contributed by atoms with van der Waals surface area (Å²) in [5.41, 5.74) is 0.570. The molecule has 0 aliphatic rings. The van der Waals surface area contributed by atoms with Crippen molar-refractivity contribution >= 4 is 31.6 Å². The lowest BCUT2D eigenvalue weighted by Crippen LogP contribution is -2.21. The predicted octanol–water partition coefficient (Wildman–Crippen LogP) is 3.50. The second kappa shape index (κ2) is 5.93. The van der Waals surface area contributed by atoms with E-state index in [-0.39, 0.29) is 11.2 Å². The molecule has 1 aromatic carbocycles. The van der Waals surface area contributed by atoms with Gasteiger partial charge in [0.15, 0.2) is 0 Å². The molecular formula is C13H17BrN2O2S. The quantitative estimate of drug-likeness (QED) is 0.908. The summed E-state index contributed by atoms with van der Waals surface area (Å²) in [6, 6.07) is 6.84. The molecule has 0 aromatic heterocycles. The van der Waals surface area contributed by atoms with Crippen molar-refractivity contribution in [2.24, 2.45) is 5.41 Å². The van der Waals surface area contributed by atoms with Gasteiger partial charge >= 0.3 is 0 Å². The zero-order valence-electron chi connectivity index (χ0n) is 11.2. The molecule has 0 fully saturated rings. The lowest BCUT2D eigenvalue weighted by atomic mass is 9.94. The molecule has 1 rings (SSSR count). The topological polar surface area (TPSA) is 70.0 Å². The van der Waals surface area contributed by atoms with Gasteiger partial charge in [0, 0.05) is 4.47 Å². The monoisotopic (exact) mass is 344 g/mol. The molecule has 0 amide bonds. The third kappa shape index (κ3) is 5.62. The van der Waals surface area contributed by atoms with Crippen molar-refractivity contribution < 1.29 is 8.42 Å². The molecule has 1 aromatic rings. The van der Waals surface area contributed by atoms with Crippen LogP contribution in [0.5, 0.6) is 0 Å². The smallest absolute Gasteiger partial charge is 0.232 e. The average molecular weight is 345 g/mol. The van der Waals surface area contributed by atoms with Gasteiger partial charge in [-0.25, -0.2) is 8.42 Å². The minimum absolute atomic E-state index is 0.0391. The van der Waals surface area contributed by atoms with Crippen LogP contribution in [-0.4, -0.2) is 14.2 Å². The summed E-state index contributed by atoms with van der Waals surface area (Å²) in [4.78, 5) is 0. The van der Waals surface area contributed by atoms with Crippen LogP contribution in [0, 0.1) is 16.7 Å². The van der Waals surface area contributed by atoms with Gasteiger partial charge in [-0.15, -0.1) is 0 Å². The van der Waals surface area contributed by atoms with Crippen molar-refractivity contribution in [3.63, 3.8) is 0 Å². The first kappa shape index (κ1) is 16.0. The van der Waals surface area contributed by atoms with Crippen LogP contribution >= 0.6 is 15.9 Å². The second-order valence-electron chi connectivity index (χ2n) is 5.53. The number of nitrogens with zero attached hydrogens (tertiary/aromatic N) is 1. The normalized spacial score (nSPS) is 11.9. The van der Waals surface area contributed by atoms with Crippen molar-refractivity contribution in [2.75, 3.05) is 10.5 Å². The van der Waals surface area contributed by atoms with Crippen LogP contribution in [-0.2, 0) is 10.0 Å². The Hall–Kier alpha value is -1.06. The van der Waals surface area contributed by atoms with Crippen LogP contribution in [0.1, 0.15) is 32.8 Å². The number of anilines is 1. The zero-order valence-corrected chi connectivity index (χ0v) is 13.6. The molecular weight excluding hydrogens is 328 g/mol. The molecule has 0 aliphatic carbocycles. The molecule has 104 valence electrons. The maximum atomic E-state index is 12.0. The molecule has 0 spiro atoms. The summed E-state index contributed by atoms with van der Waals surface area (Å²) in [6.45, 7) is 5.97. The maximum absolute atomic E-state index is 12.0. The van der Waals surface area contributed by atoms with E-state index in [1.54, 1.807) is 18.2 Å². The minimum atomic E-state index is -3.43. The maximum Gasteiger partial charge on any atom is 0.232 e. The number of halogens is 1. The predicted molar refractivity (Wildman–Crippen MR) is 80.3 cm³/mol. The van der Waals surface area contributed by atoms with E-state index in [0.717, 1.165) is 4.47 Å². The summed E-state index contributed by atoms with van der Waals surface area (Å²) < 4.78 is 27.1. The fraction of sp³-hybridized carbons (Fsp3) is 0.462. The summed E-state index contributed by atoms with van der Waals surface area (Å²) in [7, 11) is -3.43. The van der Waals surface area contributed by atoms with Crippen molar-refractivity contribution in [3.8, 4) is 6.07 Å². The number of hydrogen-bond donors (Lipinski definition) is 1. The Labute approximate surface area is 123 Å². The van der Waals surface area contributed by atoms with E-state index in [1.807, 2.05) is 26.8 Å². The first-order valence-corrected chi connectivity index (χ1v) is 8.28. The fourth-order valence-corrected chi connectivity index (χ4v) is 3.21. The third-order valence-corrected chi connectivity index (χ3v) is 4.25. The third-order valence-electron chi connectivity index (χ3n) is 2.49. The molecule has 0 heterocycles. The van der Waals surface area contributed by atoms with E-state index in [0.29, 0.717) is 17.7 Å². The van der Waals surface area contributed by atoms with Gasteiger partial charge in [0.05, 0.1) is 17.0 Å². The highest BCUT2D eigenvalue weighted by Gasteiger charge is 2.18. The number of sulfonamides is 1. The van der Waals surface area contributed by atoms with Gasteiger partial charge < -0.3 is 0 Å². The first-order chi connectivity index (χ1) is 8.63. The summed E-state index contributed by atoms with van der Waals surface area (Å²) in [6.07, 6.45) is 0.556. The molecule has 0 aliphatic heterocycles. The number of rotatable bonds is 4. The van der Waals surface area contributed by atoms with Crippen molar-refractivity contribution in [1.29, 1.82) is 5.26 Å². The highest BCUT2D eigenvalue weighted by molar-refractivity contribution is 9.10. The van der Waals surface area contributed by atoms with Gasteiger partial charge in [0.1, 0.15) is 6.07 Å². The van der Waals surface area contributed by atoms with Crippen molar-refractivity contribution in [2.45, 2.75) is 27.2 Å². The van der Waals surface area contributed by atoms with Crippen LogP contribution in [0.25, 0.3) is 0 Å². The highest BCUT2D eigenvalue weighted by Crippen LogP contribution is 2.23. The van der Waals surface area contributed by atoms with Crippen molar-refractivity contribution in [1.82, 2.24) is 0 Å². The Kier molecular flexibility index (Phi) is 4.99. The minimum Gasteiger partial charge on any atom is -0.282 e. The van der Waals surface area contributed by atoms with Crippen LogP contribution in [0.3, 0.4) is 0 Å². The largest absolute Gasteiger partial charge is 0.282 e. The number of hydrogen-bond acceptors (Lipinski definition) is 3. The SMILES string of the molecule is CC(C)(C)CCS(=O)(=O)Nc1ccc(Br)cc1C#N. The molecule has 0 atom stereocenters. The number of benzene rings is 1.